The van der Waals surface area contributed by atoms with Crippen molar-refractivity contribution in [3.8, 4) is 0 Å². The number of sulfonamides is 1. The van der Waals surface area contributed by atoms with Gasteiger partial charge in [-0.25, -0.2) is 8.42 Å². The summed E-state index contributed by atoms with van der Waals surface area (Å²) in [6.45, 7) is 0.836. The number of rotatable bonds is 7. The Bertz CT molecular complexity index is 494. The van der Waals surface area contributed by atoms with Crippen LogP contribution in [0.1, 0.15) is 12.8 Å². The normalized spacial score (nSPS) is 11.5. The molecule has 102 valence electrons. The topological polar surface area (TPSA) is 58.2 Å². The summed E-state index contributed by atoms with van der Waals surface area (Å²) in [4.78, 5) is 0. The molecule has 0 bridgehead atoms. The molecule has 1 aromatic carbocycles. The fourth-order valence-electron chi connectivity index (χ4n) is 1.39. The number of hydrogen-bond acceptors (Lipinski definition) is 3. The van der Waals surface area contributed by atoms with E-state index < -0.39 is 10.0 Å². The molecular formula is C11H16BrIN2O2S. The lowest BCUT2D eigenvalue weighted by molar-refractivity contribution is 0.595. The summed E-state index contributed by atoms with van der Waals surface area (Å²) in [5.74, 6) is 0.145. The molecule has 7 heteroatoms. The van der Waals surface area contributed by atoms with Crippen LogP contribution in [0.5, 0.6) is 0 Å². The van der Waals surface area contributed by atoms with Gasteiger partial charge in [-0.3, -0.25) is 4.72 Å². The van der Waals surface area contributed by atoms with Gasteiger partial charge in [0.15, 0.2) is 0 Å². The first-order chi connectivity index (χ1) is 8.44. The number of benzene rings is 1. The van der Waals surface area contributed by atoms with Gasteiger partial charge in [-0.15, -0.1) is 0 Å². The molecule has 0 aromatic heterocycles. The van der Waals surface area contributed by atoms with Gasteiger partial charge in [0.25, 0.3) is 0 Å². The molecule has 0 amide bonds. The number of halogens is 2. The lowest BCUT2D eigenvalue weighted by Crippen LogP contribution is -2.18. The summed E-state index contributed by atoms with van der Waals surface area (Å²) < 4.78 is 28.1. The van der Waals surface area contributed by atoms with E-state index in [1.165, 1.54) is 0 Å². The van der Waals surface area contributed by atoms with Gasteiger partial charge in [-0.2, -0.15) is 0 Å². The summed E-state index contributed by atoms with van der Waals surface area (Å²) >= 11 is 5.49. The minimum Gasteiger partial charge on any atom is -0.320 e. The lowest BCUT2D eigenvalue weighted by atomic mass is 10.3. The molecular weight excluding hydrogens is 431 g/mol. The van der Waals surface area contributed by atoms with E-state index in [1.54, 1.807) is 6.07 Å². The highest BCUT2D eigenvalue weighted by atomic mass is 127. The van der Waals surface area contributed by atoms with Crippen molar-refractivity contribution in [3.63, 3.8) is 0 Å². The first kappa shape index (κ1) is 16.2. The molecule has 1 rings (SSSR count). The first-order valence-corrected chi connectivity index (χ1v) is 9.07. The van der Waals surface area contributed by atoms with Crippen LogP contribution >= 0.6 is 38.5 Å². The second-order valence-corrected chi connectivity index (χ2v) is 7.80. The minimum atomic E-state index is -3.27. The van der Waals surface area contributed by atoms with Crippen LogP contribution < -0.4 is 10.0 Å². The van der Waals surface area contributed by atoms with Crippen LogP contribution in [-0.4, -0.2) is 27.8 Å². The van der Waals surface area contributed by atoms with Gasteiger partial charge in [-0.05, 0) is 83.2 Å². The predicted molar refractivity (Wildman–Crippen MR) is 87.4 cm³/mol. The fraction of sp³-hybridized carbons (Fsp3) is 0.455. The molecule has 2 N–H and O–H groups in total. The Hall–Kier alpha value is 0.140. The zero-order chi connectivity index (χ0) is 13.6. The zero-order valence-corrected chi connectivity index (χ0v) is 14.6. The smallest absolute Gasteiger partial charge is 0.232 e. The maximum absolute atomic E-state index is 11.9. The Labute approximate surface area is 130 Å². The molecule has 0 heterocycles. The van der Waals surface area contributed by atoms with Gasteiger partial charge >= 0.3 is 0 Å². The van der Waals surface area contributed by atoms with Crippen LogP contribution in [-0.2, 0) is 10.0 Å². The Balaban J connectivity index is 2.62. The molecule has 0 aliphatic carbocycles. The largest absolute Gasteiger partial charge is 0.320 e. The van der Waals surface area contributed by atoms with E-state index in [0.29, 0.717) is 12.1 Å². The molecule has 0 aliphatic rings. The summed E-state index contributed by atoms with van der Waals surface area (Å²) in [5.41, 5.74) is 0.593. The van der Waals surface area contributed by atoms with Crippen molar-refractivity contribution in [3.05, 3.63) is 26.2 Å². The Morgan fingerprint density at radius 1 is 1.33 bits per heavy atom. The third-order valence-corrected chi connectivity index (χ3v) is 5.00. The molecule has 0 radical (unpaired) electrons. The van der Waals surface area contributed by atoms with Crippen LogP contribution in [0.25, 0.3) is 0 Å². The van der Waals surface area contributed by atoms with Crippen LogP contribution in [0.15, 0.2) is 22.7 Å². The monoisotopic (exact) mass is 446 g/mol. The number of hydrogen-bond donors (Lipinski definition) is 2. The summed E-state index contributed by atoms with van der Waals surface area (Å²) in [6, 6.07) is 5.55. The van der Waals surface area contributed by atoms with Gasteiger partial charge in [0.2, 0.25) is 10.0 Å². The number of nitrogens with one attached hydrogen (secondary N) is 2. The highest BCUT2D eigenvalue weighted by molar-refractivity contribution is 14.1. The zero-order valence-electron chi connectivity index (χ0n) is 10.0. The maximum atomic E-state index is 11.9. The van der Waals surface area contributed by atoms with Crippen molar-refractivity contribution in [2.45, 2.75) is 12.8 Å². The third kappa shape index (κ3) is 5.85. The average Bonchev–Trinajstić information content (AvgIpc) is 2.29. The summed E-state index contributed by atoms with van der Waals surface area (Å²) in [6.07, 6.45) is 1.50. The van der Waals surface area contributed by atoms with Crippen molar-refractivity contribution in [1.29, 1.82) is 0 Å². The second kappa shape index (κ2) is 7.66. The van der Waals surface area contributed by atoms with E-state index in [4.69, 9.17) is 0 Å². The molecule has 18 heavy (non-hydrogen) atoms. The maximum Gasteiger partial charge on any atom is 0.232 e. The van der Waals surface area contributed by atoms with Crippen LogP contribution in [0.2, 0.25) is 0 Å². The summed E-state index contributed by atoms with van der Waals surface area (Å²) in [5, 5.41) is 3.00. The quantitative estimate of drug-likeness (QED) is 0.500. The van der Waals surface area contributed by atoms with Gasteiger partial charge in [0, 0.05) is 8.04 Å². The Morgan fingerprint density at radius 3 is 2.72 bits per heavy atom. The molecule has 1 aromatic rings. The minimum absolute atomic E-state index is 0.145. The molecule has 0 saturated carbocycles. The van der Waals surface area contributed by atoms with Crippen LogP contribution in [0, 0.1) is 3.57 Å². The van der Waals surface area contributed by atoms with Crippen molar-refractivity contribution >= 4 is 54.2 Å². The summed E-state index contributed by atoms with van der Waals surface area (Å²) in [7, 11) is -1.41. The van der Waals surface area contributed by atoms with Gasteiger partial charge < -0.3 is 5.32 Å². The van der Waals surface area contributed by atoms with E-state index in [9.17, 15) is 8.42 Å². The van der Waals surface area contributed by atoms with Crippen molar-refractivity contribution in [2.75, 3.05) is 24.1 Å². The van der Waals surface area contributed by atoms with E-state index in [0.717, 1.165) is 21.0 Å². The molecule has 0 spiro atoms. The van der Waals surface area contributed by atoms with Crippen molar-refractivity contribution < 1.29 is 8.42 Å². The molecule has 0 saturated heterocycles. The van der Waals surface area contributed by atoms with E-state index in [1.807, 2.05) is 19.2 Å². The Morgan fingerprint density at radius 2 is 2.06 bits per heavy atom. The van der Waals surface area contributed by atoms with Gasteiger partial charge in [-0.1, -0.05) is 0 Å². The highest BCUT2D eigenvalue weighted by Crippen LogP contribution is 2.25. The lowest BCUT2D eigenvalue weighted by Gasteiger charge is -2.10. The van der Waals surface area contributed by atoms with E-state index >= 15 is 0 Å². The van der Waals surface area contributed by atoms with Gasteiger partial charge in [0.05, 0.1) is 11.4 Å². The van der Waals surface area contributed by atoms with Crippen molar-refractivity contribution in [1.82, 2.24) is 5.32 Å². The predicted octanol–water partition coefficient (Wildman–Crippen LogP) is 2.80. The second-order valence-electron chi connectivity index (χ2n) is 3.86. The van der Waals surface area contributed by atoms with Crippen LogP contribution in [0.4, 0.5) is 5.69 Å². The Kier molecular flexibility index (Phi) is 6.89. The molecule has 0 atom stereocenters. The van der Waals surface area contributed by atoms with Crippen molar-refractivity contribution in [2.24, 2.45) is 0 Å². The molecule has 0 aliphatic heterocycles. The fourth-order valence-corrected chi connectivity index (χ4v) is 3.55. The van der Waals surface area contributed by atoms with Crippen LogP contribution in [0.3, 0.4) is 0 Å². The average molecular weight is 447 g/mol. The number of anilines is 1. The van der Waals surface area contributed by atoms with E-state index in [2.05, 4.69) is 48.6 Å². The highest BCUT2D eigenvalue weighted by Gasteiger charge is 2.12. The molecule has 4 nitrogen and oxygen atoms in total. The SMILES string of the molecule is CNCCCCS(=O)(=O)Nc1cc(I)ccc1Br. The molecule has 0 fully saturated rings. The first-order valence-electron chi connectivity index (χ1n) is 5.55. The van der Waals surface area contributed by atoms with Gasteiger partial charge in [0.1, 0.15) is 0 Å². The molecule has 0 unspecified atom stereocenters. The standard InChI is InChI=1S/C11H16BrIN2O2S/c1-14-6-2-3-7-18(16,17)15-11-8-9(13)4-5-10(11)12/h4-5,8,14-15H,2-3,6-7H2,1H3. The third-order valence-electron chi connectivity index (χ3n) is 2.28. The van der Waals surface area contributed by atoms with E-state index in [-0.39, 0.29) is 5.75 Å². The number of unbranched alkanes of at least 4 members (excludes halogenated alkanes) is 1.